The fourth-order valence-corrected chi connectivity index (χ4v) is 6.65. The van der Waals surface area contributed by atoms with E-state index in [2.05, 4.69) is 20.4 Å². The number of rotatable bonds is 8. The SMILES string of the molecule is O=C(N1CCN(c2nc(NCc3ccc(F)cc3)c3ccccc3n2)CC1)N1CCN(c2nc(NCc3ccc(F)cc3)c3ccccc3n2)CC1. The standard InChI is InChI=1S/C39H38F2N10O/c40-29-13-9-27(10-14-29)25-42-35-31-5-1-3-7-33(31)44-37(46-35)48-17-21-50(22-18-48)39(52)51-23-19-49(20-24-51)38-45-34-8-4-2-6-32(34)36(47-38)43-26-28-11-15-30(41)16-12-28/h1-16H,17-26H2,(H,42,44,46)(H,43,45,47). The van der Waals surface area contributed by atoms with E-state index in [1.807, 2.05) is 58.3 Å². The van der Waals surface area contributed by atoms with Gasteiger partial charge in [0.15, 0.2) is 0 Å². The summed E-state index contributed by atoms with van der Waals surface area (Å²) in [5.74, 6) is 2.13. The van der Waals surface area contributed by atoms with Gasteiger partial charge >= 0.3 is 6.03 Å². The van der Waals surface area contributed by atoms with Gasteiger partial charge in [-0.05, 0) is 59.7 Å². The lowest BCUT2D eigenvalue weighted by Crippen LogP contribution is -2.57. The lowest BCUT2D eigenvalue weighted by molar-refractivity contribution is 0.147. The van der Waals surface area contributed by atoms with Gasteiger partial charge in [0.2, 0.25) is 11.9 Å². The Hall–Kier alpha value is -6.11. The maximum Gasteiger partial charge on any atom is 0.320 e. The van der Waals surface area contributed by atoms with Crippen LogP contribution in [0.2, 0.25) is 0 Å². The van der Waals surface area contributed by atoms with Crippen LogP contribution in [0.15, 0.2) is 97.1 Å². The monoisotopic (exact) mass is 700 g/mol. The number of piperazine rings is 2. The molecular formula is C39H38F2N10O. The van der Waals surface area contributed by atoms with E-state index in [4.69, 9.17) is 19.9 Å². The number of para-hydroxylation sites is 2. The lowest BCUT2D eigenvalue weighted by atomic mass is 10.2. The van der Waals surface area contributed by atoms with E-state index in [0.29, 0.717) is 89.0 Å². The Morgan fingerprint density at radius 3 is 1.31 bits per heavy atom. The predicted molar refractivity (Wildman–Crippen MR) is 199 cm³/mol. The Bertz CT molecular complexity index is 2030. The van der Waals surface area contributed by atoms with E-state index in [9.17, 15) is 13.6 Å². The number of fused-ring (bicyclic) bond motifs is 2. The third kappa shape index (κ3) is 7.20. The van der Waals surface area contributed by atoms with Gasteiger partial charge in [0, 0.05) is 76.2 Å². The molecule has 2 N–H and O–H groups in total. The zero-order valence-electron chi connectivity index (χ0n) is 28.6. The second kappa shape index (κ2) is 14.6. The molecule has 2 aliphatic rings. The van der Waals surface area contributed by atoms with Gasteiger partial charge in [0.25, 0.3) is 0 Å². The molecule has 6 aromatic rings. The van der Waals surface area contributed by atoms with Crippen molar-refractivity contribution in [1.82, 2.24) is 29.7 Å². The molecule has 0 unspecified atom stereocenters. The first kappa shape index (κ1) is 33.1. The molecule has 52 heavy (non-hydrogen) atoms. The molecule has 0 aliphatic carbocycles. The van der Waals surface area contributed by atoms with Crippen molar-refractivity contribution in [2.75, 3.05) is 72.8 Å². The molecule has 4 aromatic carbocycles. The van der Waals surface area contributed by atoms with Crippen molar-refractivity contribution in [3.8, 4) is 0 Å². The van der Waals surface area contributed by atoms with E-state index in [0.717, 1.165) is 32.9 Å². The molecule has 2 aliphatic heterocycles. The number of hydrogen-bond donors (Lipinski definition) is 2. The van der Waals surface area contributed by atoms with Crippen LogP contribution in [0.1, 0.15) is 11.1 Å². The summed E-state index contributed by atoms with van der Waals surface area (Å²) in [5.41, 5.74) is 3.56. The summed E-state index contributed by atoms with van der Waals surface area (Å²) in [5, 5.41) is 8.65. The smallest absolute Gasteiger partial charge is 0.320 e. The summed E-state index contributed by atoms with van der Waals surface area (Å²) in [6.45, 7) is 5.68. The summed E-state index contributed by atoms with van der Waals surface area (Å²) in [4.78, 5) is 41.2. The molecule has 0 spiro atoms. The van der Waals surface area contributed by atoms with E-state index >= 15 is 0 Å². The number of halogens is 2. The molecular weight excluding hydrogens is 662 g/mol. The van der Waals surface area contributed by atoms with Crippen molar-refractivity contribution in [2.24, 2.45) is 0 Å². The highest BCUT2D eigenvalue weighted by molar-refractivity contribution is 5.91. The molecule has 2 fully saturated rings. The Morgan fingerprint density at radius 2 is 0.904 bits per heavy atom. The number of hydrogen-bond acceptors (Lipinski definition) is 9. The summed E-state index contributed by atoms with van der Waals surface area (Å²) in [7, 11) is 0. The Labute approximate surface area is 299 Å². The number of nitrogens with zero attached hydrogens (tertiary/aromatic N) is 8. The average molecular weight is 701 g/mol. The van der Waals surface area contributed by atoms with Crippen LogP contribution in [0.5, 0.6) is 0 Å². The fraction of sp³-hybridized carbons (Fsp3) is 0.256. The van der Waals surface area contributed by atoms with E-state index in [-0.39, 0.29) is 17.7 Å². The Balaban J connectivity index is 0.888. The third-order valence-electron chi connectivity index (χ3n) is 9.60. The highest BCUT2D eigenvalue weighted by Gasteiger charge is 2.30. The first-order valence-corrected chi connectivity index (χ1v) is 17.5. The van der Waals surface area contributed by atoms with Crippen LogP contribution >= 0.6 is 0 Å². The normalized spacial score (nSPS) is 15.0. The molecule has 2 amide bonds. The molecule has 0 bridgehead atoms. The minimum atomic E-state index is -0.266. The maximum absolute atomic E-state index is 13.7. The first-order valence-electron chi connectivity index (χ1n) is 17.5. The number of anilines is 4. The molecule has 0 radical (unpaired) electrons. The summed E-state index contributed by atoms with van der Waals surface area (Å²) in [6, 6.07) is 28.6. The van der Waals surface area contributed by atoms with Gasteiger partial charge in [-0.1, -0.05) is 48.5 Å². The number of aromatic nitrogens is 4. The Kier molecular flexibility index (Phi) is 9.30. The molecule has 0 atom stereocenters. The molecule has 8 rings (SSSR count). The third-order valence-corrected chi connectivity index (χ3v) is 9.60. The van der Waals surface area contributed by atoms with Gasteiger partial charge in [-0.3, -0.25) is 0 Å². The summed E-state index contributed by atoms with van der Waals surface area (Å²) < 4.78 is 26.8. The number of amides is 2. The largest absolute Gasteiger partial charge is 0.365 e. The van der Waals surface area contributed by atoms with Crippen molar-refractivity contribution in [3.63, 3.8) is 0 Å². The quantitative estimate of drug-likeness (QED) is 0.194. The van der Waals surface area contributed by atoms with E-state index in [1.165, 1.54) is 24.3 Å². The van der Waals surface area contributed by atoms with Crippen LogP contribution < -0.4 is 20.4 Å². The average Bonchev–Trinajstić information content (AvgIpc) is 3.20. The van der Waals surface area contributed by atoms with Crippen LogP contribution in [-0.4, -0.2) is 88.1 Å². The molecule has 2 aromatic heterocycles. The number of carbonyl (C=O) groups is 1. The number of benzene rings is 4. The van der Waals surface area contributed by atoms with Gasteiger partial charge in [-0.25, -0.2) is 23.5 Å². The molecule has 4 heterocycles. The topological polar surface area (TPSA) is 106 Å². The molecule has 11 nitrogen and oxygen atoms in total. The predicted octanol–water partition coefficient (Wildman–Crippen LogP) is 6.14. The number of nitrogens with one attached hydrogen (secondary N) is 2. The lowest BCUT2D eigenvalue weighted by Gasteiger charge is -2.40. The van der Waals surface area contributed by atoms with Gasteiger partial charge in [0.1, 0.15) is 23.3 Å². The minimum absolute atomic E-state index is 0.0291. The maximum atomic E-state index is 13.7. The Morgan fingerprint density at radius 1 is 0.519 bits per heavy atom. The molecule has 13 heteroatoms. The van der Waals surface area contributed by atoms with Gasteiger partial charge < -0.3 is 30.2 Å². The number of urea groups is 1. The van der Waals surface area contributed by atoms with Crippen LogP contribution in [0.3, 0.4) is 0 Å². The second-order valence-electron chi connectivity index (χ2n) is 13.0. The van der Waals surface area contributed by atoms with Crippen molar-refractivity contribution in [2.45, 2.75) is 13.1 Å². The van der Waals surface area contributed by atoms with Crippen molar-refractivity contribution >= 4 is 51.4 Å². The first-order chi connectivity index (χ1) is 25.5. The zero-order valence-corrected chi connectivity index (χ0v) is 28.6. The fourth-order valence-electron chi connectivity index (χ4n) is 6.65. The van der Waals surface area contributed by atoms with E-state index in [1.54, 1.807) is 24.3 Å². The molecule has 2 saturated heterocycles. The van der Waals surface area contributed by atoms with Gasteiger partial charge in [-0.15, -0.1) is 0 Å². The van der Waals surface area contributed by atoms with Crippen molar-refractivity contribution in [3.05, 3.63) is 120 Å². The summed E-state index contributed by atoms with van der Waals surface area (Å²) >= 11 is 0. The summed E-state index contributed by atoms with van der Waals surface area (Å²) in [6.07, 6.45) is 0. The highest BCUT2D eigenvalue weighted by Crippen LogP contribution is 2.27. The van der Waals surface area contributed by atoms with Crippen molar-refractivity contribution < 1.29 is 13.6 Å². The zero-order chi connectivity index (χ0) is 35.4. The van der Waals surface area contributed by atoms with E-state index < -0.39 is 0 Å². The van der Waals surface area contributed by atoms with Gasteiger partial charge in [-0.2, -0.15) is 9.97 Å². The molecule has 264 valence electrons. The molecule has 0 saturated carbocycles. The second-order valence-corrected chi connectivity index (χ2v) is 13.0. The highest BCUT2D eigenvalue weighted by atomic mass is 19.1. The number of carbonyl (C=O) groups excluding carboxylic acids is 1. The van der Waals surface area contributed by atoms with Crippen LogP contribution in [0.4, 0.5) is 37.1 Å². The minimum Gasteiger partial charge on any atom is -0.365 e. The van der Waals surface area contributed by atoms with Crippen LogP contribution in [0, 0.1) is 11.6 Å². The van der Waals surface area contributed by atoms with Crippen molar-refractivity contribution in [1.29, 1.82) is 0 Å². The van der Waals surface area contributed by atoms with Crippen LogP contribution in [0.25, 0.3) is 21.8 Å². The van der Waals surface area contributed by atoms with Crippen LogP contribution in [-0.2, 0) is 13.1 Å². The van der Waals surface area contributed by atoms with Gasteiger partial charge in [0.05, 0.1) is 11.0 Å².